The Morgan fingerprint density at radius 2 is 1.74 bits per heavy atom. The lowest BCUT2D eigenvalue weighted by Gasteiger charge is -2.40. The molecule has 0 bridgehead atoms. The van der Waals surface area contributed by atoms with Gasteiger partial charge in [-0.3, -0.25) is 4.79 Å². The quantitative estimate of drug-likeness (QED) is 0.218. The third-order valence-electron chi connectivity index (χ3n) is 7.60. The van der Waals surface area contributed by atoms with Gasteiger partial charge in [0.2, 0.25) is 0 Å². The molecule has 42 heavy (non-hydrogen) atoms. The van der Waals surface area contributed by atoms with Gasteiger partial charge < -0.3 is 25.0 Å². The van der Waals surface area contributed by atoms with Crippen molar-refractivity contribution in [3.05, 3.63) is 101 Å². The van der Waals surface area contributed by atoms with Crippen molar-refractivity contribution in [3.8, 4) is 22.6 Å². The standard InChI is InChI=1S/C34H34FN3O3S/c1-20-9-7-8-10-24(20)32(42)41-23-13-14-26(30(18-23)40-6)25-15-16-28-31(38(5)33(39)34(3,4)37-28)27(25)19-36-29-17-22(35)12-11-21(29)2/h7-18,36-37H,19H2,1-6H3. The molecule has 0 unspecified atom stereocenters. The monoisotopic (exact) mass is 583 g/mol. The Labute approximate surface area is 251 Å². The number of anilines is 3. The molecule has 2 N–H and O–H groups in total. The third kappa shape index (κ3) is 5.54. The minimum atomic E-state index is -0.765. The number of carbonyl (C=O) groups is 1. The summed E-state index contributed by atoms with van der Waals surface area (Å²) in [4.78, 5) is 15.0. The smallest absolute Gasteiger partial charge is 0.251 e. The molecule has 1 heterocycles. The van der Waals surface area contributed by atoms with Crippen LogP contribution in [0.5, 0.6) is 11.5 Å². The molecule has 0 aliphatic carbocycles. The van der Waals surface area contributed by atoms with E-state index < -0.39 is 5.54 Å². The fraction of sp³-hybridized carbons (Fsp3) is 0.235. The second kappa shape index (κ2) is 11.4. The number of hydrogen-bond acceptors (Lipinski definition) is 6. The first-order valence-corrected chi connectivity index (χ1v) is 14.1. The molecule has 5 rings (SSSR count). The number of ether oxygens (including phenoxy) is 2. The maximum atomic E-state index is 14.1. The number of benzene rings is 4. The molecule has 1 amide bonds. The van der Waals surface area contributed by atoms with Crippen LogP contribution in [0, 0.1) is 19.7 Å². The second-order valence-electron chi connectivity index (χ2n) is 11.0. The van der Waals surface area contributed by atoms with E-state index in [-0.39, 0.29) is 11.7 Å². The highest BCUT2D eigenvalue weighted by molar-refractivity contribution is 7.80. The van der Waals surface area contributed by atoms with Crippen molar-refractivity contribution in [1.29, 1.82) is 0 Å². The number of rotatable bonds is 7. The van der Waals surface area contributed by atoms with E-state index in [1.807, 2.05) is 82.3 Å². The first kappa shape index (κ1) is 29.1. The molecule has 4 aromatic rings. The van der Waals surface area contributed by atoms with E-state index in [4.69, 9.17) is 21.7 Å². The summed E-state index contributed by atoms with van der Waals surface area (Å²) in [6.45, 7) is 7.97. The van der Waals surface area contributed by atoms with Gasteiger partial charge in [-0.15, -0.1) is 0 Å². The van der Waals surface area contributed by atoms with Gasteiger partial charge in [-0.2, -0.15) is 0 Å². The van der Waals surface area contributed by atoms with E-state index >= 15 is 0 Å². The van der Waals surface area contributed by atoms with Crippen LogP contribution in [-0.2, 0) is 11.3 Å². The van der Waals surface area contributed by atoms with Crippen LogP contribution in [-0.4, -0.2) is 30.7 Å². The predicted octanol–water partition coefficient (Wildman–Crippen LogP) is 7.65. The number of amides is 1. The molecule has 6 nitrogen and oxygen atoms in total. The molecule has 0 fully saturated rings. The molecular formula is C34H34FN3O3S. The molecule has 0 spiro atoms. The Morgan fingerprint density at radius 3 is 2.48 bits per heavy atom. The van der Waals surface area contributed by atoms with Gasteiger partial charge in [-0.25, -0.2) is 4.39 Å². The first-order chi connectivity index (χ1) is 20.0. The highest BCUT2D eigenvalue weighted by atomic mass is 32.1. The summed E-state index contributed by atoms with van der Waals surface area (Å²) in [5.74, 6) is 0.750. The fourth-order valence-electron chi connectivity index (χ4n) is 5.35. The van der Waals surface area contributed by atoms with E-state index in [0.29, 0.717) is 28.8 Å². The maximum Gasteiger partial charge on any atom is 0.251 e. The van der Waals surface area contributed by atoms with Gasteiger partial charge >= 0.3 is 0 Å². The number of methoxy groups -OCH3 is 1. The minimum absolute atomic E-state index is 0.0595. The van der Waals surface area contributed by atoms with Crippen LogP contribution in [0.2, 0.25) is 0 Å². The van der Waals surface area contributed by atoms with Crippen molar-refractivity contribution in [1.82, 2.24) is 0 Å². The number of thiocarbonyl (C=S) groups is 1. The van der Waals surface area contributed by atoms with Crippen molar-refractivity contribution >= 4 is 40.2 Å². The highest BCUT2D eigenvalue weighted by Gasteiger charge is 2.38. The number of carbonyl (C=O) groups excluding carboxylic acids is 1. The van der Waals surface area contributed by atoms with E-state index in [0.717, 1.165) is 44.8 Å². The summed E-state index contributed by atoms with van der Waals surface area (Å²) in [5, 5.41) is 7.16. The molecule has 0 saturated carbocycles. The summed E-state index contributed by atoms with van der Waals surface area (Å²) in [6.07, 6.45) is 0. The SMILES string of the molecule is COc1cc(OC(=S)c2ccccc2C)ccc1-c1ccc2c(c1CNc1cc(F)ccc1C)N(C)C(=O)C(C)(C)N2. The van der Waals surface area contributed by atoms with Crippen LogP contribution < -0.4 is 25.0 Å². The zero-order chi connectivity index (χ0) is 30.2. The number of halogens is 1. The number of nitrogens with zero attached hydrogens (tertiary/aromatic N) is 1. The molecule has 1 aliphatic heterocycles. The van der Waals surface area contributed by atoms with Gasteiger partial charge in [-0.05, 0) is 86.9 Å². The Hall–Kier alpha value is -4.43. The Morgan fingerprint density at radius 1 is 1.00 bits per heavy atom. The molecular weight excluding hydrogens is 549 g/mol. The minimum Gasteiger partial charge on any atom is -0.496 e. The first-order valence-electron chi connectivity index (χ1n) is 13.7. The lowest BCUT2D eigenvalue weighted by atomic mass is 9.91. The van der Waals surface area contributed by atoms with E-state index in [1.165, 1.54) is 12.1 Å². The van der Waals surface area contributed by atoms with Crippen LogP contribution in [0.25, 0.3) is 11.1 Å². The zero-order valence-corrected chi connectivity index (χ0v) is 25.4. The van der Waals surface area contributed by atoms with Crippen LogP contribution in [0.4, 0.5) is 21.5 Å². The molecule has 1 aliphatic rings. The Bertz CT molecular complexity index is 1700. The number of aryl methyl sites for hydroxylation is 2. The largest absolute Gasteiger partial charge is 0.496 e. The lowest BCUT2D eigenvalue weighted by Crippen LogP contribution is -2.52. The molecule has 4 aromatic carbocycles. The zero-order valence-electron chi connectivity index (χ0n) is 24.6. The molecule has 0 aromatic heterocycles. The second-order valence-corrected chi connectivity index (χ2v) is 11.4. The number of fused-ring (bicyclic) bond motifs is 1. The van der Waals surface area contributed by atoms with Gasteiger partial charge in [0.1, 0.15) is 22.9 Å². The summed E-state index contributed by atoms with van der Waals surface area (Å²) in [7, 11) is 3.39. The van der Waals surface area contributed by atoms with Gasteiger partial charge in [0.25, 0.3) is 5.91 Å². The predicted molar refractivity (Wildman–Crippen MR) is 172 cm³/mol. The number of hydrogen-bond donors (Lipinski definition) is 2. The average molecular weight is 584 g/mol. The summed E-state index contributed by atoms with van der Waals surface area (Å²) in [5.41, 5.74) is 6.83. The van der Waals surface area contributed by atoms with Crippen molar-refractivity contribution in [3.63, 3.8) is 0 Å². The van der Waals surface area contributed by atoms with Gasteiger partial charge in [-0.1, -0.05) is 36.4 Å². The van der Waals surface area contributed by atoms with Gasteiger partial charge in [0.15, 0.2) is 5.05 Å². The highest BCUT2D eigenvalue weighted by Crippen LogP contribution is 2.45. The van der Waals surface area contributed by atoms with Gasteiger partial charge in [0.05, 0.1) is 18.5 Å². The number of nitrogens with one attached hydrogen (secondary N) is 2. The van der Waals surface area contributed by atoms with Crippen LogP contribution in [0.3, 0.4) is 0 Å². The summed E-state index contributed by atoms with van der Waals surface area (Å²) >= 11 is 5.58. The summed E-state index contributed by atoms with van der Waals surface area (Å²) < 4.78 is 26.0. The normalized spacial score (nSPS) is 13.7. The van der Waals surface area contributed by atoms with Crippen molar-refractivity contribution in [2.45, 2.75) is 39.8 Å². The van der Waals surface area contributed by atoms with E-state index in [1.54, 1.807) is 25.1 Å². The van der Waals surface area contributed by atoms with Crippen LogP contribution in [0.15, 0.2) is 72.8 Å². The molecule has 0 atom stereocenters. The average Bonchev–Trinajstić information content (AvgIpc) is 2.96. The maximum absolute atomic E-state index is 14.1. The van der Waals surface area contributed by atoms with E-state index in [2.05, 4.69) is 10.6 Å². The molecule has 0 saturated heterocycles. The van der Waals surface area contributed by atoms with E-state index in [9.17, 15) is 9.18 Å². The fourth-order valence-corrected chi connectivity index (χ4v) is 5.68. The Balaban J connectivity index is 1.58. The van der Waals surface area contributed by atoms with Gasteiger partial charge in [0, 0.05) is 42.0 Å². The van der Waals surface area contributed by atoms with Crippen LogP contribution >= 0.6 is 12.2 Å². The number of likely N-dealkylation sites (N-methyl/N-ethyl adjacent to an activating group) is 1. The van der Waals surface area contributed by atoms with Crippen molar-refractivity contribution in [2.75, 3.05) is 29.7 Å². The molecule has 8 heteroatoms. The topological polar surface area (TPSA) is 62.8 Å². The molecule has 216 valence electrons. The van der Waals surface area contributed by atoms with Crippen LogP contribution in [0.1, 0.15) is 36.1 Å². The third-order valence-corrected chi connectivity index (χ3v) is 7.90. The molecule has 0 radical (unpaired) electrons. The Kier molecular flexibility index (Phi) is 7.93. The van der Waals surface area contributed by atoms with Crippen molar-refractivity contribution < 1.29 is 18.7 Å². The lowest BCUT2D eigenvalue weighted by molar-refractivity contribution is -0.121. The van der Waals surface area contributed by atoms with Crippen molar-refractivity contribution in [2.24, 2.45) is 0 Å². The summed E-state index contributed by atoms with van der Waals surface area (Å²) in [6, 6.07) is 22.0.